The van der Waals surface area contributed by atoms with Gasteiger partial charge in [-0.2, -0.15) is 0 Å². The summed E-state index contributed by atoms with van der Waals surface area (Å²) in [5.74, 6) is -4.42. The molecule has 0 saturated heterocycles. The van der Waals surface area contributed by atoms with Crippen molar-refractivity contribution in [2.24, 2.45) is 0 Å². The van der Waals surface area contributed by atoms with Crippen LogP contribution in [0.2, 0.25) is 0 Å². The summed E-state index contributed by atoms with van der Waals surface area (Å²) in [4.78, 5) is 37.0. The molecule has 1 amide bonds. The Morgan fingerprint density at radius 3 is 2.29 bits per heavy atom. The third-order valence-electron chi connectivity index (χ3n) is 3.29. The first-order valence-electron chi connectivity index (χ1n) is 6.40. The lowest BCUT2D eigenvalue weighted by molar-refractivity contribution is -0.140. The maximum atomic E-state index is 13.0. The van der Waals surface area contributed by atoms with Crippen molar-refractivity contribution in [3.05, 3.63) is 47.4 Å². The van der Waals surface area contributed by atoms with Gasteiger partial charge in [0.1, 0.15) is 17.3 Å². The summed E-state index contributed by atoms with van der Waals surface area (Å²) >= 11 is 0. The largest absolute Gasteiger partial charge is 0.478 e. The Labute approximate surface area is 120 Å². The fourth-order valence-corrected chi connectivity index (χ4v) is 2.20. The maximum Gasteiger partial charge on any atom is 0.340 e. The number of rotatable bonds is 3. The highest BCUT2D eigenvalue weighted by Crippen LogP contribution is 2.29. The van der Waals surface area contributed by atoms with Gasteiger partial charge in [-0.05, 0) is 31.5 Å². The van der Waals surface area contributed by atoms with E-state index in [0.29, 0.717) is 0 Å². The van der Waals surface area contributed by atoms with E-state index >= 15 is 0 Å². The van der Waals surface area contributed by atoms with E-state index in [1.807, 2.05) is 0 Å². The lowest BCUT2D eigenvalue weighted by atomic mass is 9.86. The predicted octanol–water partition coefficient (Wildman–Crippen LogP) is 1.70. The maximum absolute atomic E-state index is 13.0. The van der Waals surface area contributed by atoms with Gasteiger partial charge in [0, 0.05) is 12.2 Å². The molecule has 0 bridgehead atoms. The van der Waals surface area contributed by atoms with Gasteiger partial charge in [0.05, 0.1) is 0 Å². The van der Waals surface area contributed by atoms with Gasteiger partial charge < -0.3 is 10.0 Å². The van der Waals surface area contributed by atoms with Gasteiger partial charge in [-0.3, -0.25) is 9.59 Å². The fourth-order valence-electron chi connectivity index (χ4n) is 2.20. The first-order valence-corrected chi connectivity index (χ1v) is 6.40. The van der Waals surface area contributed by atoms with E-state index in [4.69, 9.17) is 5.11 Å². The lowest BCUT2D eigenvalue weighted by Gasteiger charge is -2.31. The van der Waals surface area contributed by atoms with Gasteiger partial charge >= 0.3 is 5.97 Å². The SMILES string of the molecule is CC(C)N1C=C(C(=O)O)C(=O)C(c2ccc(F)cc2)C1=O. The van der Waals surface area contributed by atoms with E-state index < -0.39 is 35.0 Å². The number of carboxylic acids is 1. The highest BCUT2D eigenvalue weighted by Gasteiger charge is 2.41. The number of carbonyl (C=O) groups excluding carboxylic acids is 2. The zero-order valence-corrected chi connectivity index (χ0v) is 11.5. The number of benzene rings is 1. The van der Waals surface area contributed by atoms with Gasteiger partial charge in [-0.15, -0.1) is 0 Å². The molecule has 0 saturated carbocycles. The summed E-state index contributed by atoms with van der Waals surface area (Å²) in [6, 6.07) is 4.61. The Kier molecular flexibility index (Phi) is 3.88. The molecule has 1 aliphatic rings. The average Bonchev–Trinajstić information content (AvgIpc) is 2.40. The second-order valence-electron chi connectivity index (χ2n) is 5.04. The zero-order chi connectivity index (χ0) is 15.7. The smallest absolute Gasteiger partial charge is 0.340 e. The van der Waals surface area contributed by atoms with E-state index in [9.17, 15) is 18.8 Å². The molecule has 1 heterocycles. The van der Waals surface area contributed by atoms with Crippen molar-refractivity contribution in [2.75, 3.05) is 0 Å². The number of carboxylic acid groups (broad SMARTS) is 1. The molecular formula is C15H14FNO4. The summed E-state index contributed by atoms with van der Waals surface area (Å²) in [5, 5.41) is 9.12. The Morgan fingerprint density at radius 1 is 1.24 bits per heavy atom. The van der Waals surface area contributed by atoms with Crippen LogP contribution >= 0.6 is 0 Å². The fraction of sp³-hybridized carbons (Fsp3) is 0.267. The van der Waals surface area contributed by atoms with E-state index in [0.717, 1.165) is 18.3 Å². The number of hydrogen-bond donors (Lipinski definition) is 1. The number of aliphatic carboxylic acids is 1. The zero-order valence-electron chi connectivity index (χ0n) is 11.5. The number of carbonyl (C=O) groups is 3. The van der Waals surface area contributed by atoms with Crippen LogP contribution in [0.15, 0.2) is 36.0 Å². The molecule has 0 fully saturated rings. The van der Waals surface area contributed by atoms with Crippen LogP contribution in [-0.2, 0) is 14.4 Å². The number of amides is 1. The molecule has 110 valence electrons. The topological polar surface area (TPSA) is 74.7 Å². The number of Topliss-reactive ketones (excluding diaryl/α,β-unsaturated/α-hetero) is 1. The standard InChI is InChI=1S/C15H14FNO4/c1-8(2)17-7-11(15(20)21)13(18)12(14(17)19)9-3-5-10(16)6-4-9/h3-8,12H,1-2H3,(H,20,21). The van der Waals surface area contributed by atoms with Crippen LogP contribution in [0.3, 0.4) is 0 Å². The Hall–Kier alpha value is -2.50. The third kappa shape index (κ3) is 2.69. The Balaban J connectivity index is 2.52. The van der Waals surface area contributed by atoms with Crippen LogP contribution in [-0.4, -0.2) is 33.7 Å². The van der Waals surface area contributed by atoms with Crippen molar-refractivity contribution in [3.8, 4) is 0 Å². The number of nitrogens with zero attached hydrogens (tertiary/aromatic N) is 1. The predicted molar refractivity (Wildman–Crippen MR) is 71.8 cm³/mol. The molecule has 21 heavy (non-hydrogen) atoms. The summed E-state index contributed by atoms with van der Waals surface area (Å²) in [7, 11) is 0. The Morgan fingerprint density at radius 2 is 1.81 bits per heavy atom. The first-order chi connectivity index (χ1) is 9.82. The summed E-state index contributed by atoms with van der Waals surface area (Å²) < 4.78 is 13.0. The monoisotopic (exact) mass is 291 g/mol. The molecule has 1 aromatic carbocycles. The van der Waals surface area contributed by atoms with Crippen LogP contribution in [0.4, 0.5) is 4.39 Å². The van der Waals surface area contributed by atoms with Crippen LogP contribution in [0.25, 0.3) is 0 Å². The molecular weight excluding hydrogens is 277 g/mol. The highest BCUT2D eigenvalue weighted by molar-refractivity contribution is 6.27. The quantitative estimate of drug-likeness (QED) is 0.679. The summed E-state index contributed by atoms with van der Waals surface area (Å²) in [6.45, 7) is 3.43. The molecule has 1 aliphatic heterocycles. The van der Waals surface area contributed by atoms with Crippen molar-refractivity contribution in [3.63, 3.8) is 0 Å². The molecule has 1 unspecified atom stereocenters. The molecule has 1 aromatic rings. The van der Waals surface area contributed by atoms with Crippen LogP contribution in [0.5, 0.6) is 0 Å². The van der Waals surface area contributed by atoms with E-state index in [1.165, 1.54) is 17.0 Å². The molecule has 5 nitrogen and oxygen atoms in total. The molecule has 0 spiro atoms. The second-order valence-corrected chi connectivity index (χ2v) is 5.04. The molecule has 1 atom stereocenters. The number of halogens is 1. The second kappa shape index (κ2) is 5.47. The third-order valence-corrected chi connectivity index (χ3v) is 3.29. The van der Waals surface area contributed by atoms with E-state index in [-0.39, 0.29) is 11.6 Å². The lowest BCUT2D eigenvalue weighted by Crippen LogP contribution is -2.44. The number of ketones is 1. The average molecular weight is 291 g/mol. The van der Waals surface area contributed by atoms with Crippen molar-refractivity contribution < 1.29 is 23.9 Å². The van der Waals surface area contributed by atoms with Crippen LogP contribution in [0, 0.1) is 5.82 Å². The molecule has 2 rings (SSSR count). The van der Waals surface area contributed by atoms with Crippen molar-refractivity contribution >= 4 is 17.7 Å². The minimum atomic E-state index is -1.38. The number of hydrogen-bond acceptors (Lipinski definition) is 3. The van der Waals surface area contributed by atoms with E-state index in [2.05, 4.69) is 0 Å². The summed E-state index contributed by atoms with van der Waals surface area (Å²) in [6.07, 6.45) is 1.07. The first kappa shape index (κ1) is 14.9. The van der Waals surface area contributed by atoms with Gasteiger partial charge in [0.25, 0.3) is 0 Å². The summed E-state index contributed by atoms with van der Waals surface area (Å²) in [5.41, 5.74) is -0.165. The van der Waals surface area contributed by atoms with Gasteiger partial charge in [0.2, 0.25) is 5.91 Å². The minimum Gasteiger partial charge on any atom is -0.478 e. The van der Waals surface area contributed by atoms with E-state index in [1.54, 1.807) is 13.8 Å². The van der Waals surface area contributed by atoms with Crippen molar-refractivity contribution in [2.45, 2.75) is 25.8 Å². The van der Waals surface area contributed by atoms with Gasteiger partial charge in [0.15, 0.2) is 5.78 Å². The van der Waals surface area contributed by atoms with Crippen LogP contribution < -0.4 is 0 Å². The molecule has 0 radical (unpaired) electrons. The van der Waals surface area contributed by atoms with Gasteiger partial charge in [-0.25, -0.2) is 9.18 Å². The molecule has 1 N–H and O–H groups in total. The molecule has 0 aliphatic carbocycles. The minimum absolute atomic E-state index is 0.281. The van der Waals surface area contributed by atoms with Crippen molar-refractivity contribution in [1.29, 1.82) is 0 Å². The van der Waals surface area contributed by atoms with Gasteiger partial charge in [-0.1, -0.05) is 12.1 Å². The molecule has 6 heteroatoms. The normalized spacial score (nSPS) is 19.0. The Bertz CT molecular complexity index is 634. The molecule has 0 aromatic heterocycles. The van der Waals surface area contributed by atoms with Crippen molar-refractivity contribution in [1.82, 2.24) is 4.90 Å². The highest BCUT2D eigenvalue weighted by atomic mass is 19.1. The van der Waals surface area contributed by atoms with Crippen LogP contribution in [0.1, 0.15) is 25.3 Å².